The number of aryl methyl sites for hydroxylation is 1. The highest BCUT2D eigenvalue weighted by Crippen LogP contribution is 2.38. The zero-order valence-electron chi connectivity index (χ0n) is 13.4. The van der Waals surface area contributed by atoms with Crippen molar-refractivity contribution in [3.05, 3.63) is 23.1 Å². The second kappa shape index (κ2) is 5.30. The lowest BCUT2D eigenvalue weighted by atomic mass is 9.80. The van der Waals surface area contributed by atoms with Gasteiger partial charge in [-0.1, -0.05) is 6.92 Å². The third-order valence-corrected chi connectivity index (χ3v) is 7.21. The van der Waals surface area contributed by atoms with E-state index >= 15 is 0 Å². The number of hydrogen-bond donors (Lipinski definition) is 0. The molecule has 0 saturated carbocycles. The molecule has 0 aromatic carbocycles. The molecule has 0 N–H and O–H groups in total. The first-order valence-electron chi connectivity index (χ1n) is 7.36. The van der Waals surface area contributed by atoms with E-state index in [0.717, 1.165) is 29.2 Å². The van der Waals surface area contributed by atoms with Gasteiger partial charge < -0.3 is 0 Å². The SMILES string of the molecule is Cc1nc([C@]2(C)CCCN(S(=O)(=O)N(C)C)C2)c2sccn12. The summed E-state index contributed by atoms with van der Waals surface area (Å²) in [6.45, 7) is 5.18. The molecule has 0 amide bonds. The molecule has 1 aliphatic rings. The smallest absolute Gasteiger partial charge is 0.281 e. The molecule has 0 bridgehead atoms. The molecule has 22 heavy (non-hydrogen) atoms. The molecule has 122 valence electrons. The van der Waals surface area contributed by atoms with Crippen molar-refractivity contribution < 1.29 is 8.42 Å². The van der Waals surface area contributed by atoms with Crippen LogP contribution in [0.4, 0.5) is 0 Å². The Hall–Kier alpha value is -0.960. The second-order valence-corrected chi connectivity index (χ2v) is 9.41. The van der Waals surface area contributed by atoms with Crippen molar-refractivity contribution in [2.24, 2.45) is 0 Å². The Bertz CT molecular complexity index is 793. The van der Waals surface area contributed by atoms with Gasteiger partial charge in [-0.3, -0.25) is 4.40 Å². The Morgan fingerprint density at radius 1 is 1.41 bits per heavy atom. The van der Waals surface area contributed by atoms with Crippen molar-refractivity contribution in [1.29, 1.82) is 0 Å². The number of nitrogens with zero attached hydrogens (tertiary/aromatic N) is 4. The average Bonchev–Trinajstić information content (AvgIpc) is 3.03. The van der Waals surface area contributed by atoms with Gasteiger partial charge in [0.1, 0.15) is 10.7 Å². The molecule has 0 spiro atoms. The quantitative estimate of drug-likeness (QED) is 0.855. The number of fused-ring (bicyclic) bond motifs is 1. The largest absolute Gasteiger partial charge is 0.294 e. The lowest BCUT2D eigenvalue weighted by Crippen LogP contribution is -2.50. The molecule has 1 fully saturated rings. The van der Waals surface area contributed by atoms with E-state index in [0.29, 0.717) is 13.1 Å². The van der Waals surface area contributed by atoms with Crippen LogP contribution in [-0.4, -0.2) is 53.6 Å². The van der Waals surface area contributed by atoms with Crippen molar-refractivity contribution in [1.82, 2.24) is 18.0 Å². The van der Waals surface area contributed by atoms with Crippen molar-refractivity contribution in [2.75, 3.05) is 27.2 Å². The molecule has 1 aliphatic heterocycles. The number of piperidine rings is 1. The highest BCUT2D eigenvalue weighted by molar-refractivity contribution is 7.86. The van der Waals surface area contributed by atoms with Crippen LogP contribution in [0.25, 0.3) is 4.83 Å². The summed E-state index contributed by atoms with van der Waals surface area (Å²) in [5.74, 6) is 0.958. The normalized spacial score (nSPS) is 24.4. The Morgan fingerprint density at radius 3 is 2.82 bits per heavy atom. The molecule has 2 aromatic rings. The number of thiazole rings is 1. The number of imidazole rings is 1. The molecule has 1 atom stereocenters. The summed E-state index contributed by atoms with van der Waals surface area (Å²) < 4.78 is 29.9. The molecule has 3 heterocycles. The van der Waals surface area contributed by atoms with E-state index in [1.807, 2.05) is 18.5 Å². The zero-order chi connectivity index (χ0) is 16.1. The van der Waals surface area contributed by atoms with Crippen molar-refractivity contribution in [2.45, 2.75) is 32.1 Å². The maximum Gasteiger partial charge on any atom is 0.281 e. The lowest BCUT2D eigenvalue weighted by molar-refractivity contribution is 0.229. The lowest BCUT2D eigenvalue weighted by Gasteiger charge is -2.39. The first-order valence-corrected chi connectivity index (χ1v) is 9.63. The summed E-state index contributed by atoms with van der Waals surface area (Å²) in [6.07, 6.45) is 3.83. The first-order chi connectivity index (χ1) is 10.3. The van der Waals surface area contributed by atoms with Gasteiger partial charge in [0.05, 0.1) is 5.69 Å². The Balaban J connectivity index is 2.01. The molecule has 8 heteroatoms. The predicted molar refractivity (Wildman–Crippen MR) is 88.6 cm³/mol. The van der Waals surface area contributed by atoms with Gasteiger partial charge in [-0.25, -0.2) is 4.98 Å². The Kier molecular flexibility index (Phi) is 3.83. The highest BCUT2D eigenvalue weighted by Gasteiger charge is 2.41. The van der Waals surface area contributed by atoms with Crippen molar-refractivity contribution >= 4 is 26.4 Å². The standard InChI is InChI=1S/C14H22N4O2S2/c1-11-15-12(13-18(11)8-9-21-13)14(2)6-5-7-17(10-14)22(19,20)16(3)4/h8-9H,5-7,10H2,1-4H3/t14-/m1/s1. The third kappa shape index (κ3) is 2.38. The highest BCUT2D eigenvalue weighted by atomic mass is 32.2. The maximum absolute atomic E-state index is 12.5. The van der Waals surface area contributed by atoms with Crippen LogP contribution in [0.5, 0.6) is 0 Å². The summed E-state index contributed by atoms with van der Waals surface area (Å²) in [7, 11) is -0.211. The van der Waals surface area contributed by atoms with E-state index in [2.05, 4.69) is 11.3 Å². The number of hydrogen-bond acceptors (Lipinski definition) is 4. The summed E-state index contributed by atoms with van der Waals surface area (Å²) in [5, 5.41) is 2.05. The molecule has 0 aliphatic carbocycles. The minimum absolute atomic E-state index is 0.244. The summed E-state index contributed by atoms with van der Waals surface area (Å²) in [6, 6.07) is 0. The number of rotatable bonds is 3. The fourth-order valence-corrected chi connectivity index (χ4v) is 5.47. The van der Waals surface area contributed by atoms with Crippen molar-refractivity contribution in [3.8, 4) is 0 Å². The van der Waals surface area contributed by atoms with Gasteiger partial charge in [-0.2, -0.15) is 17.0 Å². The molecule has 0 radical (unpaired) electrons. The van der Waals surface area contributed by atoms with Crippen molar-refractivity contribution in [3.63, 3.8) is 0 Å². The molecular weight excluding hydrogens is 320 g/mol. The Labute approximate surface area is 135 Å². The summed E-state index contributed by atoms with van der Waals surface area (Å²) in [4.78, 5) is 5.87. The first kappa shape index (κ1) is 15.9. The molecular formula is C14H22N4O2S2. The van der Waals surface area contributed by atoms with Gasteiger partial charge in [0.2, 0.25) is 0 Å². The van der Waals surface area contributed by atoms with Crippen LogP contribution < -0.4 is 0 Å². The van der Waals surface area contributed by atoms with E-state index in [1.54, 1.807) is 29.7 Å². The third-order valence-electron chi connectivity index (χ3n) is 4.45. The zero-order valence-corrected chi connectivity index (χ0v) is 15.0. The van der Waals surface area contributed by atoms with E-state index in [-0.39, 0.29) is 5.41 Å². The monoisotopic (exact) mass is 342 g/mol. The van der Waals surface area contributed by atoms with Crippen LogP contribution >= 0.6 is 11.3 Å². The fourth-order valence-electron chi connectivity index (χ4n) is 3.18. The van der Waals surface area contributed by atoms with Crippen LogP contribution in [0.3, 0.4) is 0 Å². The van der Waals surface area contributed by atoms with E-state index in [4.69, 9.17) is 4.98 Å². The molecule has 3 rings (SSSR count). The molecule has 0 unspecified atom stereocenters. The van der Waals surface area contributed by atoms with E-state index < -0.39 is 10.2 Å². The van der Waals surface area contributed by atoms with Gasteiger partial charge in [0.15, 0.2) is 0 Å². The fraction of sp³-hybridized carbons (Fsp3) is 0.643. The minimum atomic E-state index is -3.38. The minimum Gasteiger partial charge on any atom is -0.294 e. The van der Waals surface area contributed by atoms with Crippen LogP contribution in [-0.2, 0) is 15.6 Å². The molecule has 2 aromatic heterocycles. The number of aromatic nitrogens is 2. The van der Waals surface area contributed by atoms with E-state index in [1.165, 1.54) is 4.31 Å². The van der Waals surface area contributed by atoms with Gasteiger partial charge in [0.25, 0.3) is 10.2 Å². The van der Waals surface area contributed by atoms with E-state index in [9.17, 15) is 8.42 Å². The van der Waals surface area contributed by atoms with Gasteiger partial charge in [-0.05, 0) is 19.8 Å². The Morgan fingerprint density at radius 2 is 2.14 bits per heavy atom. The van der Waals surface area contributed by atoms with Crippen LogP contribution in [0.1, 0.15) is 31.3 Å². The van der Waals surface area contributed by atoms with Crippen LogP contribution in [0.2, 0.25) is 0 Å². The maximum atomic E-state index is 12.5. The topological polar surface area (TPSA) is 57.9 Å². The molecule has 6 nitrogen and oxygen atoms in total. The van der Waals surface area contributed by atoms with Gasteiger partial charge in [-0.15, -0.1) is 11.3 Å². The second-order valence-electron chi connectivity index (χ2n) is 6.37. The van der Waals surface area contributed by atoms with Gasteiger partial charge in [0, 0.05) is 44.2 Å². The predicted octanol–water partition coefficient (Wildman–Crippen LogP) is 1.86. The van der Waals surface area contributed by atoms with Gasteiger partial charge >= 0.3 is 0 Å². The molecule has 1 saturated heterocycles. The summed E-state index contributed by atoms with van der Waals surface area (Å²) in [5.41, 5.74) is 0.782. The average molecular weight is 342 g/mol. The van der Waals surface area contributed by atoms with Crippen LogP contribution in [0.15, 0.2) is 11.6 Å². The summed E-state index contributed by atoms with van der Waals surface area (Å²) >= 11 is 1.66. The van der Waals surface area contributed by atoms with Crippen LogP contribution in [0, 0.1) is 6.92 Å².